The van der Waals surface area contributed by atoms with Gasteiger partial charge in [0.15, 0.2) is 0 Å². The number of thiophene rings is 1. The summed E-state index contributed by atoms with van der Waals surface area (Å²) >= 11 is 1.60. The zero-order valence-corrected chi connectivity index (χ0v) is 9.29. The summed E-state index contributed by atoms with van der Waals surface area (Å²) in [6, 6.07) is 0. The number of amides is 1. The van der Waals surface area contributed by atoms with E-state index in [1.807, 2.05) is 38.5 Å². The topological polar surface area (TPSA) is 29.1 Å². The Labute approximate surface area is 83.0 Å². The van der Waals surface area contributed by atoms with Crippen LogP contribution in [0.3, 0.4) is 0 Å². The Hall–Kier alpha value is -0.830. The first kappa shape index (κ1) is 10.3. The first-order chi connectivity index (χ1) is 5.91. The van der Waals surface area contributed by atoms with Crippen LogP contribution in [0.25, 0.3) is 0 Å². The molecule has 0 saturated carbocycles. The van der Waals surface area contributed by atoms with Gasteiger partial charge in [-0.1, -0.05) is 20.8 Å². The van der Waals surface area contributed by atoms with E-state index < -0.39 is 0 Å². The Morgan fingerprint density at radius 2 is 2.00 bits per heavy atom. The van der Waals surface area contributed by atoms with Gasteiger partial charge in [0.05, 0.1) is 5.69 Å². The van der Waals surface area contributed by atoms with E-state index in [2.05, 4.69) is 5.32 Å². The van der Waals surface area contributed by atoms with Gasteiger partial charge >= 0.3 is 0 Å². The highest BCUT2D eigenvalue weighted by atomic mass is 32.1. The number of anilines is 1. The van der Waals surface area contributed by atoms with Crippen LogP contribution in [-0.4, -0.2) is 5.91 Å². The van der Waals surface area contributed by atoms with E-state index in [1.165, 1.54) is 0 Å². The molecule has 0 spiro atoms. The molecule has 0 bridgehead atoms. The van der Waals surface area contributed by atoms with Crippen LogP contribution in [0.15, 0.2) is 10.8 Å². The van der Waals surface area contributed by atoms with Gasteiger partial charge in [-0.2, -0.15) is 0 Å². The van der Waals surface area contributed by atoms with Gasteiger partial charge in [-0.3, -0.25) is 4.79 Å². The predicted molar refractivity (Wildman–Crippen MR) is 57.1 cm³/mol. The molecular formula is C10H15NOS. The van der Waals surface area contributed by atoms with Crippen molar-refractivity contribution in [3.8, 4) is 0 Å². The van der Waals surface area contributed by atoms with Gasteiger partial charge in [-0.25, -0.2) is 0 Å². The van der Waals surface area contributed by atoms with E-state index in [9.17, 15) is 4.79 Å². The summed E-state index contributed by atoms with van der Waals surface area (Å²) in [5, 5.41) is 6.88. The molecule has 0 fully saturated rings. The lowest BCUT2D eigenvalue weighted by Gasteiger charge is -2.17. The summed E-state index contributed by atoms with van der Waals surface area (Å²) in [4.78, 5) is 11.6. The quantitative estimate of drug-likeness (QED) is 0.736. The first-order valence-corrected chi connectivity index (χ1v) is 5.20. The Morgan fingerprint density at radius 3 is 2.38 bits per heavy atom. The van der Waals surface area contributed by atoms with Crippen LogP contribution in [0.4, 0.5) is 5.69 Å². The molecule has 0 aromatic carbocycles. The van der Waals surface area contributed by atoms with Gasteiger partial charge in [0.1, 0.15) is 0 Å². The minimum atomic E-state index is -0.325. The molecule has 0 radical (unpaired) electrons. The molecule has 1 heterocycles. The zero-order chi connectivity index (χ0) is 10.1. The highest BCUT2D eigenvalue weighted by Gasteiger charge is 2.21. The van der Waals surface area contributed by atoms with Crippen LogP contribution in [0.5, 0.6) is 0 Å². The number of aryl methyl sites for hydroxylation is 1. The fraction of sp³-hybridized carbons (Fsp3) is 0.500. The number of carbonyl (C=O) groups is 1. The Morgan fingerprint density at radius 1 is 1.38 bits per heavy atom. The molecule has 1 aromatic heterocycles. The van der Waals surface area contributed by atoms with Crippen molar-refractivity contribution in [3.05, 3.63) is 16.3 Å². The standard InChI is InChI=1S/C10H15NOS/c1-7-5-13-6-8(7)11-9(12)10(2,3)4/h5-6H,1-4H3,(H,11,12). The minimum absolute atomic E-state index is 0.0639. The summed E-state index contributed by atoms with van der Waals surface area (Å²) in [6.45, 7) is 7.72. The summed E-state index contributed by atoms with van der Waals surface area (Å²) in [5.41, 5.74) is 1.74. The molecule has 0 aliphatic rings. The first-order valence-electron chi connectivity index (χ1n) is 4.25. The number of hydrogen-bond acceptors (Lipinski definition) is 2. The fourth-order valence-electron chi connectivity index (χ4n) is 0.798. The molecule has 1 aromatic rings. The summed E-state index contributed by atoms with van der Waals surface area (Å²) < 4.78 is 0. The van der Waals surface area contributed by atoms with Crippen LogP contribution in [0.1, 0.15) is 26.3 Å². The van der Waals surface area contributed by atoms with E-state index in [1.54, 1.807) is 11.3 Å². The molecule has 0 aliphatic heterocycles. The average Bonchev–Trinajstić information content (AvgIpc) is 2.34. The third-order valence-electron chi connectivity index (χ3n) is 1.78. The van der Waals surface area contributed by atoms with Crippen molar-refractivity contribution in [2.24, 2.45) is 5.41 Å². The molecule has 0 unspecified atom stereocenters. The largest absolute Gasteiger partial charge is 0.325 e. The molecular weight excluding hydrogens is 182 g/mol. The van der Waals surface area contributed by atoms with Crippen molar-refractivity contribution < 1.29 is 4.79 Å². The van der Waals surface area contributed by atoms with Gasteiger partial charge in [0, 0.05) is 10.8 Å². The molecule has 13 heavy (non-hydrogen) atoms. The zero-order valence-electron chi connectivity index (χ0n) is 8.47. The molecule has 0 saturated heterocycles. The van der Waals surface area contributed by atoms with Crippen LogP contribution < -0.4 is 5.32 Å². The Balaban J connectivity index is 2.71. The van der Waals surface area contributed by atoms with E-state index in [-0.39, 0.29) is 11.3 Å². The number of hydrogen-bond donors (Lipinski definition) is 1. The highest BCUT2D eigenvalue weighted by molar-refractivity contribution is 7.08. The smallest absolute Gasteiger partial charge is 0.229 e. The van der Waals surface area contributed by atoms with Crippen LogP contribution in [0, 0.1) is 12.3 Å². The van der Waals surface area contributed by atoms with Crippen molar-refractivity contribution in [3.63, 3.8) is 0 Å². The normalized spacial score (nSPS) is 11.4. The maximum absolute atomic E-state index is 11.6. The number of carbonyl (C=O) groups excluding carboxylic acids is 1. The third-order valence-corrected chi connectivity index (χ3v) is 2.65. The molecule has 1 amide bonds. The molecule has 1 N–H and O–H groups in total. The summed E-state index contributed by atoms with van der Waals surface area (Å²) in [5.74, 6) is 0.0639. The lowest BCUT2D eigenvalue weighted by Crippen LogP contribution is -2.27. The van der Waals surface area contributed by atoms with Gasteiger partial charge in [-0.15, -0.1) is 11.3 Å². The van der Waals surface area contributed by atoms with Crippen LogP contribution in [-0.2, 0) is 4.79 Å². The predicted octanol–water partition coefficient (Wildman–Crippen LogP) is 3.04. The van der Waals surface area contributed by atoms with Gasteiger partial charge in [0.2, 0.25) is 5.91 Å². The lowest BCUT2D eigenvalue weighted by molar-refractivity contribution is -0.123. The van der Waals surface area contributed by atoms with Gasteiger partial charge < -0.3 is 5.32 Å². The van der Waals surface area contributed by atoms with Crippen LogP contribution in [0.2, 0.25) is 0 Å². The van der Waals surface area contributed by atoms with Crippen molar-refractivity contribution in [1.82, 2.24) is 0 Å². The van der Waals surface area contributed by atoms with E-state index >= 15 is 0 Å². The molecule has 0 aliphatic carbocycles. The molecule has 3 heteroatoms. The summed E-state index contributed by atoms with van der Waals surface area (Å²) in [7, 11) is 0. The van der Waals surface area contributed by atoms with Crippen molar-refractivity contribution in [2.45, 2.75) is 27.7 Å². The number of rotatable bonds is 1. The fourth-order valence-corrected chi connectivity index (χ4v) is 1.58. The maximum Gasteiger partial charge on any atom is 0.229 e. The van der Waals surface area contributed by atoms with Gasteiger partial charge in [0.25, 0.3) is 0 Å². The Bertz CT molecular complexity index is 309. The van der Waals surface area contributed by atoms with Gasteiger partial charge in [-0.05, 0) is 17.9 Å². The molecule has 72 valence electrons. The second kappa shape index (κ2) is 3.50. The summed E-state index contributed by atoms with van der Waals surface area (Å²) in [6.07, 6.45) is 0. The monoisotopic (exact) mass is 197 g/mol. The maximum atomic E-state index is 11.6. The molecule has 2 nitrogen and oxygen atoms in total. The SMILES string of the molecule is Cc1cscc1NC(=O)C(C)(C)C. The lowest BCUT2D eigenvalue weighted by atomic mass is 9.95. The highest BCUT2D eigenvalue weighted by Crippen LogP contribution is 2.22. The van der Waals surface area contributed by atoms with Crippen LogP contribution >= 0.6 is 11.3 Å². The third kappa shape index (κ3) is 2.56. The van der Waals surface area contributed by atoms with E-state index in [0.717, 1.165) is 11.3 Å². The second-order valence-electron chi connectivity index (χ2n) is 4.17. The Kier molecular flexibility index (Phi) is 2.76. The van der Waals surface area contributed by atoms with Crippen molar-refractivity contribution in [1.29, 1.82) is 0 Å². The minimum Gasteiger partial charge on any atom is -0.325 e. The van der Waals surface area contributed by atoms with Crippen molar-refractivity contribution >= 4 is 22.9 Å². The molecule has 0 atom stereocenters. The number of nitrogens with one attached hydrogen (secondary N) is 1. The molecule has 1 rings (SSSR count). The second-order valence-corrected chi connectivity index (χ2v) is 4.92. The van der Waals surface area contributed by atoms with E-state index in [4.69, 9.17) is 0 Å². The average molecular weight is 197 g/mol. The van der Waals surface area contributed by atoms with E-state index in [0.29, 0.717) is 0 Å². The van der Waals surface area contributed by atoms with Crippen molar-refractivity contribution in [2.75, 3.05) is 5.32 Å².